The number of nitrogens with one attached hydrogen (secondary N) is 4. The average molecular weight is 601 g/mol. The largest absolute Gasteiger partial charge is 0.453 e. The van der Waals surface area contributed by atoms with Crippen LogP contribution in [-0.2, 0) is 30.2 Å². The number of ether oxygens (including phenoxy) is 3. The minimum absolute atomic E-state index is 0.0619. The van der Waals surface area contributed by atoms with Gasteiger partial charge in [0.2, 0.25) is 11.8 Å². The maximum absolute atomic E-state index is 14.0. The third-order valence-electron chi connectivity index (χ3n) is 8.09. The Balaban J connectivity index is 1.25. The van der Waals surface area contributed by atoms with Crippen LogP contribution in [0, 0.1) is 0 Å². The van der Waals surface area contributed by atoms with E-state index in [4.69, 9.17) is 14.2 Å². The number of morpholine rings is 1. The Labute approximate surface area is 257 Å². The first-order valence-corrected chi connectivity index (χ1v) is 15.1. The zero-order chi connectivity index (χ0) is 30.7. The number of alkyl carbamates (subject to hydrolysis) is 1. The van der Waals surface area contributed by atoms with Crippen molar-refractivity contribution in [3.63, 3.8) is 0 Å². The molecule has 5 rings (SSSR count). The third-order valence-corrected chi connectivity index (χ3v) is 8.09. The van der Waals surface area contributed by atoms with Crippen molar-refractivity contribution in [3.05, 3.63) is 102 Å². The standard InChI is InChI=1S/C34H40N4O6/c1-42-34(41)38-31(30(24-11-4-2-5-12-24)25-13-6-3-7-14-25)33(40)37-28-15-9-8-10-23(28)16-17-27-20-35-29(22-44-27)32(39)36-26-18-19-43-21-26/h2-15,26-27,29-31,35H,16-22H2,1H3,(H,36,39)(H,37,40)(H,38,41). The fourth-order valence-corrected chi connectivity index (χ4v) is 5.70. The molecule has 0 spiro atoms. The van der Waals surface area contributed by atoms with E-state index in [0.717, 1.165) is 23.1 Å². The van der Waals surface area contributed by atoms with Gasteiger partial charge in [0.15, 0.2) is 0 Å². The molecule has 3 aromatic rings. The molecular weight excluding hydrogens is 560 g/mol. The number of anilines is 1. The van der Waals surface area contributed by atoms with Gasteiger partial charge in [-0.15, -0.1) is 0 Å². The van der Waals surface area contributed by atoms with E-state index in [9.17, 15) is 14.4 Å². The van der Waals surface area contributed by atoms with Gasteiger partial charge < -0.3 is 35.5 Å². The Hall–Kier alpha value is -4.25. The minimum atomic E-state index is -0.954. The van der Waals surface area contributed by atoms with Crippen molar-refractivity contribution in [2.24, 2.45) is 0 Å². The summed E-state index contributed by atoms with van der Waals surface area (Å²) >= 11 is 0. The summed E-state index contributed by atoms with van der Waals surface area (Å²) in [5.41, 5.74) is 3.37. The molecule has 2 saturated heterocycles. The topological polar surface area (TPSA) is 127 Å². The predicted octanol–water partition coefficient (Wildman–Crippen LogP) is 3.38. The Kier molecular flexibility index (Phi) is 11.0. The molecule has 3 amide bonds. The van der Waals surface area contributed by atoms with Gasteiger partial charge >= 0.3 is 6.09 Å². The molecule has 0 saturated carbocycles. The number of amides is 3. The normalized spacial score (nSPS) is 20.5. The van der Waals surface area contributed by atoms with Crippen LogP contribution < -0.4 is 21.3 Å². The number of hydrogen-bond acceptors (Lipinski definition) is 7. The molecule has 44 heavy (non-hydrogen) atoms. The molecule has 0 aliphatic carbocycles. The molecule has 2 heterocycles. The van der Waals surface area contributed by atoms with E-state index in [1.165, 1.54) is 7.11 Å². The lowest BCUT2D eigenvalue weighted by Crippen LogP contribution is -2.55. The third kappa shape index (κ3) is 8.22. The Morgan fingerprint density at radius 3 is 2.23 bits per heavy atom. The molecule has 2 aliphatic rings. The summed E-state index contributed by atoms with van der Waals surface area (Å²) in [5.74, 6) is -0.888. The van der Waals surface area contributed by atoms with Crippen LogP contribution in [0.15, 0.2) is 84.9 Å². The van der Waals surface area contributed by atoms with Gasteiger partial charge in [-0.3, -0.25) is 9.59 Å². The molecule has 0 aromatic heterocycles. The fraction of sp³-hybridized carbons (Fsp3) is 0.382. The highest BCUT2D eigenvalue weighted by Gasteiger charge is 2.33. The van der Waals surface area contributed by atoms with Crippen molar-refractivity contribution in [1.82, 2.24) is 16.0 Å². The Morgan fingerprint density at radius 1 is 0.932 bits per heavy atom. The van der Waals surface area contributed by atoms with Gasteiger partial charge in [0.25, 0.3) is 0 Å². The lowest BCUT2D eigenvalue weighted by molar-refractivity contribution is -0.128. The highest BCUT2D eigenvalue weighted by atomic mass is 16.5. The summed E-state index contributed by atoms with van der Waals surface area (Å²) in [4.78, 5) is 39.0. The molecule has 10 nitrogen and oxygen atoms in total. The van der Waals surface area contributed by atoms with Gasteiger partial charge in [-0.05, 0) is 42.0 Å². The number of para-hydroxylation sites is 1. The van der Waals surface area contributed by atoms with Crippen LogP contribution in [-0.4, -0.2) is 75.6 Å². The van der Waals surface area contributed by atoms with E-state index >= 15 is 0 Å². The van der Waals surface area contributed by atoms with Gasteiger partial charge in [-0.1, -0.05) is 78.9 Å². The minimum Gasteiger partial charge on any atom is -0.453 e. The summed E-state index contributed by atoms with van der Waals surface area (Å²) < 4.78 is 16.3. The van der Waals surface area contributed by atoms with Crippen LogP contribution in [0.1, 0.15) is 35.4 Å². The molecule has 10 heteroatoms. The maximum atomic E-state index is 14.0. The predicted molar refractivity (Wildman–Crippen MR) is 166 cm³/mol. The number of methoxy groups -OCH3 is 1. The van der Waals surface area contributed by atoms with Crippen LogP contribution >= 0.6 is 0 Å². The zero-order valence-corrected chi connectivity index (χ0v) is 24.9. The molecule has 2 aliphatic heterocycles. The van der Waals surface area contributed by atoms with Gasteiger partial charge in [-0.2, -0.15) is 0 Å². The van der Waals surface area contributed by atoms with Gasteiger partial charge in [0.05, 0.1) is 32.5 Å². The first-order valence-electron chi connectivity index (χ1n) is 15.1. The van der Waals surface area contributed by atoms with Gasteiger partial charge in [-0.25, -0.2) is 4.79 Å². The lowest BCUT2D eigenvalue weighted by Gasteiger charge is -2.30. The molecule has 4 N–H and O–H groups in total. The summed E-state index contributed by atoms with van der Waals surface area (Å²) in [6.07, 6.45) is 1.41. The van der Waals surface area contributed by atoms with Crippen LogP contribution in [0.3, 0.4) is 0 Å². The van der Waals surface area contributed by atoms with Gasteiger partial charge in [0.1, 0.15) is 12.1 Å². The molecule has 4 atom stereocenters. The second-order valence-corrected chi connectivity index (χ2v) is 11.1. The molecule has 2 fully saturated rings. The molecule has 0 radical (unpaired) electrons. The van der Waals surface area contributed by atoms with Crippen LogP contribution in [0.25, 0.3) is 0 Å². The van der Waals surface area contributed by atoms with Crippen molar-refractivity contribution in [3.8, 4) is 0 Å². The molecule has 4 unspecified atom stereocenters. The highest BCUT2D eigenvalue weighted by molar-refractivity contribution is 5.98. The van der Waals surface area contributed by atoms with Crippen molar-refractivity contribution in [2.75, 3.05) is 38.8 Å². The first kappa shape index (κ1) is 31.2. The Bertz CT molecular complexity index is 1340. The number of carbonyl (C=O) groups is 3. The number of rotatable bonds is 11. The quantitative estimate of drug-likeness (QED) is 0.266. The lowest BCUT2D eigenvalue weighted by atomic mass is 9.84. The number of carbonyl (C=O) groups excluding carboxylic acids is 3. The van der Waals surface area contributed by atoms with Crippen molar-refractivity contribution in [1.29, 1.82) is 0 Å². The number of hydrogen-bond donors (Lipinski definition) is 4. The smallest absolute Gasteiger partial charge is 0.407 e. The average Bonchev–Trinajstić information content (AvgIpc) is 3.58. The summed E-state index contributed by atoms with van der Waals surface area (Å²) in [6.45, 7) is 2.07. The van der Waals surface area contributed by atoms with Crippen LogP contribution in [0.2, 0.25) is 0 Å². The van der Waals surface area contributed by atoms with Crippen molar-refractivity contribution < 1.29 is 28.6 Å². The van der Waals surface area contributed by atoms with E-state index in [2.05, 4.69) is 21.3 Å². The van der Waals surface area contributed by atoms with Gasteiger partial charge in [0, 0.05) is 24.8 Å². The van der Waals surface area contributed by atoms with Crippen LogP contribution in [0.5, 0.6) is 0 Å². The fourth-order valence-electron chi connectivity index (χ4n) is 5.70. The highest BCUT2D eigenvalue weighted by Crippen LogP contribution is 2.30. The van der Waals surface area contributed by atoms with E-state index < -0.39 is 18.1 Å². The monoisotopic (exact) mass is 600 g/mol. The summed E-state index contributed by atoms with van der Waals surface area (Å²) in [7, 11) is 1.28. The summed E-state index contributed by atoms with van der Waals surface area (Å²) in [5, 5.41) is 12.2. The number of aryl methyl sites for hydroxylation is 1. The first-order chi connectivity index (χ1) is 21.5. The molecule has 0 bridgehead atoms. The molecule has 3 aromatic carbocycles. The maximum Gasteiger partial charge on any atom is 0.407 e. The molecule has 232 valence electrons. The van der Waals surface area contributed by atoms with E-state index in [1.54, 1.807) is 0 Å². The van der Waals surface area contributed by atoms with E-state index in [-0.39, 0.29) is 30.0 Å². The Morgan fingerprint density at radius 2 is 1.61 bits per heavy atom. The van der Waals surface area contributed by atoms with Crippen molar-refractivity contribution >= 4 is 23.6 Å². The molecular formula is C34H40N4O6. The van der Waals surface area contributed by atoms with E-state index in [0.29, 0.717) is 44.9 Å². The zero-order valence-electron chi connectivity index (χ0n) is 24.9. The van der Waals surface area contributed by atoms with E-state index in [1.807, 2.05) is 84.9 Å². The van der Waals surface area contributed by atoms with Crippen molar-refractivity contribution in [2.45, 2.75) is 49.4 Å². The van der Waals surface area contributed by atoms with Crippen LogP contribution in [0.4, 0.5) is 10.5 Å². The number of benzene rings is 3. The second-order valence-electron chi connectivity index (χ2n) is 11.1. The SMILES string of the molecule is COC(=O)NC(C(=O)Nc1ccccc1CCC1CNC(C(=O)NC2CCOC2)CO1)C(c1ccccc1)c1ccccc1. The second kappa shape index (κ2) is 15.5. The summed E-state index contributed by atoms with van der Waals surface area (Å²) in [6, 6.07) is 25.6.